The number of carbonyl (C=O) groups excluding carboxylic acids is 2. The van der Waals surface area contributed by atoms with Gasteiger partial charge in [-0.05, 0) is 55.7 Å². The zero-order valence-corrected chi connectivity index (χ0v) is 29.1. The molecule has 2 aromatic heterocycles. The Morgan fingerprint density at radius 1 is 0.529 bits per heavy atom. The zero-order chi connectivity index (χ0) is 36.2. The minimum absolute atomic E-state index is 0.0951. The molecule has 14 heteroatoms. The van der Waals surface area contributed by atoms with Crippen molar-refractivity contribution >= 4 is 31.9 Å². The average molecular weight is 725 g/mol. The Morgan fingerprint density at radius 2 is 0.882 bits per heavy atom. The third-order valence-corrected chi connectivity index (χ3v) is 10.8. The molecule has 0 aliphatic heterocycles. The minimum Gasteiger partial charge on any atom is -0.360 e. The number of nitrogens with one attached hydrogen (secondary N) is 2. The number of hydrogen-bond donors (Lipinski definition) is 2. The van der Waals surface area contributed by atoms with Gasteiger partial charge >= 0.3 is 0 Å². The summed E-state index contributed by atoms with van der Waals surface area (Å²) >= 11 is 0. The maximum atomic E-state index is 12.9. The molecule has 0 radical (unpaired) electrons. The largest absolute Gasteiger partial charge is 0.360 e. The molecule has 12 nitrogen and oxygen atoms in total. The highest BCUT2D eigenvalue weighted by molar-refractivity contribution is 7.90. The number of amides is 2. The van der Waals surface area contributed by atoms with E-state index in [1.807, 2.05) is 70.1 Å². The third kappa shape index (κ3) is 7.82. The van der Waals surface area contributed by atoms with Crippen LogP contribution in [0, 0.1) is 13.8 Å². The summed E-state index contributed by atoms with van der Waals surface area (Å²) in [5, 5.41) is 8.30. The van der Waals surface area contributed by atoms with Gasteiger partial charge in [-0.2, -0.15) is 0 Å². The molecule has 0 fully saturated rings. The van der Waals surface area contributed by atoms with Crippen molar-refractivity contribution in [3.63, 3.8) is 0 Å². The molecule has 0 saturated heterocycles. The van der Waals surface area contributed by atoms with E-state index in [0.717, 1.165) is 22.3 Å². The normalized spacial score (nSPS) is 11.6. The van der Waals surface area contributed by atoms with E-state index >= 15 is 0 Å². The fraction of sp³-hybridized carbons (Fsp3) is 0.135. The lowest BCUT2D eigenvalue weighted by Crippen LogP contribution is -2.32. The van der Waals surface area contributed by atoms with Gasteiger partial charge in [0, 0.05) is 24.0 Å². The number of hydrogen-bond acceptors (Lipinski definition) is 10. The maximum absolute atomic E-state index is 12.9. The molecule has 2 N–H and O–H groups in total. The van der Waals surface area contributed by atoms with E-state index in [4.69, 9.17) is 9.05 Å². The molecule has 260 valence electrons. The van der Waals surface area contributed by atoms with E-state index in [2.05, 4.69) is 10.3 Å². The fourth-order valence-electron chi connectivity index (χ4n) is 5.54. The van der Waals surface area contributed by atoms with Crippen LogP contribution in [0.1, 0.15) is 30.8 Å². The van der Waals surface area contributed by atoms with E-state index < -0.39 is 31.9 Å². The summed E-state index contributed by atoms with van der Waals surface area (Å²) in [5.74, 6) is -0.474. The lowest BCUT2D eigenvalue weighted by Gasteiger charge is -2.09. The van der Waals surface area contributed by atoms with Gasteiger partial charge < -0.3 is 9.05 Å². The highest BCUT2D eigenvalue weighted by atomic mass is 32.2. The molecule has 0 aliphatic carbocycles. The number of aromatic nitrogens is 2. The average Bonchev–Trinajstić information content (AvgIpc) is 3.70. The predicted molar refractivity (Wildman–Crippen MR) is 189 cm³/mol. The van der Waals surface area contributed by atoms with E-state index in [1.165, 1.54) is 24.3 Å². The van der Waals surface area contributed by atoms with Crippen LogP contribution in [0.4, 0.5) is 0 Å². The highest BCUT2D eigenvalue weighted by Crippen LogP contribution is 2.35. The lowest BCUT2D eigenvalue weighted by atomic mass is 10.00. The van der Waals surface area contributed by atoms with Crippen molar-refractivity contribution in [3.05, 3.63) is 121 Å². The summed E-state index contributed by atoms with van der Waals surface area (Å²) in [7, 11) is -8.44. The van der Waals surface area contributed by atoms with Crippen LogP contribution in [-0.4, -0.2) is 39.0 Å². The van der Waals surface area contributed by atoms with Crippen molar-refractivity contribution < 1.29 is 35.5 Å². The number of benzene rings is 4. The van der Waals surface area contributed by atoms with Gasteiger partial charge in [0.1, 0.15) is 22.9 Å². The Kier molecular flexibility index (Phi) is 9.98. The molecule has 0 aliphatic rings. The Labute approximate surface area is 294 Å². The van der Waals surface area contributed by atoms with Crippen LogP contribution in [0.15, 0.2) is 128 Å². The minimum atomic E-state index is -4.22. The number of carbonyl (C=O) groups is 2. The van der Waals surface area contributed by atoms with Crippen molar-refractivity contribution in [1.29, 1.82) is 0 Å². The number of aryl methyl sites for hydroxylation is 2. The van der Waals surface area contributed by atoms with Gasteiger partial charge in [-0.3, -0.25) is 9.59 Å². The standard InChI is InChI=1S/C37H32N4O8S2/c1-24-34(26-10-5-3-6-11-26)36(38-48-24)28-16-20-30(21-17-28)50(44,45)40-32(42)14-9-15-33(43)41-51(46,47)31-22-18-29(19-23-31)37-35(25(2)49-39-37)27-12-7-4-8-13-27/h3-8,10-13,16-23H,9,14-15H2,1-2H3,(H,40,42)(H,41,43). The summed E-state index contributed by atoms with van der Waals surface area (Å²) in [6.07, 6.45) is -0.764. The maximum Gasteiger partial charge on any atom is 0.264 e. The molecule has 0 saturated carbocycles. The highest BCUT2D eigenvalue weighted by Gasteiger charge is 2.23. The summed E-state index contributed by atoms with van der Waals surface area (Å²) in [5.41, 5.74) is 5.69. The molecule has 51 heavy (non-hydrogen) atoms. The summed E-state index contributed by atoms with van der Waals surface area (Å²) < 4.78 is 66.4. The second-order valence-electron chi connectivity index (χ2n) is 11.6. The topological polar surface area (TPSA) is 179 Å². The first-order valence-corrected chi connectivity index (χ1v) is 18.7. The zero-order valence-electron chi connectivity index (χ0n) is 27.5. The number of nitrogens with zero attached hydrogens (tertiary/aromatic N) is 2. The molecule has 4 aromatic carbocycles. The molecule has 0 bridgehead atoms. The van der Waals surface area contributed by atoms with Crippen molar-refractivity contribution in [1.82, 2.24) is 19.8 Å². The van der Waals surface area contributed by atoms with E-state index in [0.29, 0.717) is 34.0 Å². The first-order chi connectivity index (χ1) is 24.4. The molecule has 6 rings (SSSR count). The van der Waals surface area contributed by atoms with Crippen LogP contribution in [-0.2, 0) is 29.6 Å². The van der Waals surface area contributed by atoms with Gasteiger partial charge in [-0.25, -0.2) is 26.3 Å². The van der Waals surface area contributed by atoms with Gasteiger partial charge in [-0.15, -0.1) is 0 Å². The quantitative estimate of drug-likeness (QED) is 0.143. The van der Waals surface area contributed by atoms with Crippen LogP contribution in [0.25, 0.3) is 44.8 Å². The number of sulfonamides is 2. The van der Waals surface area contributed by atoms with E-state index in [1.54, 1.807) is 38.1 Å². The third-order valence-electron chi connectivity index (χ3n) is 8.03. The van der Waals surface area contributed by atoms with Gasteiger partial charge in [0.15, 0.2) is 0 Å². The van der Waals surface area contributed by atoms with Gasteiger partial charge in [-0.1, -0.05) is 95.2 Å². The molecule has 0 unspecified atom stereocenters. The van der Waals surface area contributed by atoms with Crippen molar-refractivity contribution in [3.8, 4) is 44.8 Å². The van der Waals surface area contributed by atoms with Crippen LogP contribution in [0.3, 0.4) is 0 Å². The first kappa shape index (κ1) is 35.0. The number of rotatable bonds is 12. The smallest absolute Gasteiger partial charge is 0.264 e. The first-order valence-electron chi connectivity index (χ1n) is 15.8. The van der Waals surface area contributed by atoms with Crippen molar-refractivity contribution in [2.75, 3.05) is 0 Å². The SMILES string of the molecule is Cc1onc(-c2ccc(S(=O)(=O)NC(=O)CCCC(=O)NS(=O)(=O)c3ccc(-c4noc(C)c4-c4ccccc4)cc3)cc2)c1-c1ccccc1. The fourth-order valence-corrected chi connectivity index (χ4v) is 7.57. The monoisotopic (exact) mass is 724 g/mol. The van der Waals surface area contributed by atoms with Crippen molar-refractivity contribution in [2.24, 2.45) is 0 Å². The van der Waals surface area contributed by atoms with Crippen LogP contribution >= 0.6 is 0 Å². The Hall–Kier alpha value is -5.86. The summed E-state index contributed by atoms with van der Waals surface area (Å²) in [6.45, 7) is 3.58. The molecule has 2 amide bonds. The van der Waals surface area contributed by atoms with Gasteiger partial charge in [0.05, 0.1) is 20.9 Å². The van der Waals surface area contributed by atoms with Crippen molar-refractivity contribution in [2.45, 2.75) is 42.9 Å². The Balaban J connectivity index is 1.02. The Morgan fingerprint density at radius 3 is 1.24 bits per heavy atom. The Bertz CT molecular complexity index is 2230. The predicted octanol–water partition coefficient (Wildman–Crippen LogP) is 6.43. The lowest BCUT2D eigenvalue weighted by molar-refractivity contribution is -0.120. The van der Waals surface area contributed by atoms with E-state index in [9.17, 15) is 26.4 Å². The summed E-state index contributed by atoms with van der Waals surface area (Å²) in [4.78, 5) is 24.7. The second kappa shape index (κ2) is 14.5. The molecule has 0 atom stereocenters. The van der Waals surface area contributed by atoms with E-state index in [-0.39, 0.29) is 29.1 Å². The molecular formula is C37H32N4O8S2. The molecule has 6 aromatic rings. The van der Waals surface area contributed by atoms with Crippen LogP contribution in [0.5, 0.6) is 0 Å². The molecular weight excluding hydrogens is 693 g/mol. The van der Waals surface area contributed by atoms with Gasteiger partial charge in [0.25, 0.3) is 20.0 Å². The van der Waals surface area contributed by atoms with Crippen LogP contribution < -0.4 is 9.44 Å². The molecule has 0 spiro atoms. The molecule has 2 heterocycles. The van der Waals surface area contributed by atoms with Crippen LogP contribution in [0.2, 0.25) is 0 Å². The van der Waals surface area contributed by atoms with Gasteiger partial charge in [0.2, 0.25) is 11.8 Å². The second-order valence-corrected chi connectivity index (χ2v) is 15.0. The summed E-state index contributed by atoms with van der Waals surface area (Å²) in [6, 6.07) is 30.7.